The second kappa shape index (κ2) is 7.63. The van der Waals surface area contributed by atoms with E-state index in [1.165, 1.54) is 0 Å². The molecule has 0 atom stereocenters. The van der Waals surface area contributed by atoms with Crippen LogP contribution in [0.5, 0.6) is 0 Å². The Labute approximate surface area is 178 Å². The van der Waals surface area contributed by atoms with Crippen molar-refractivity contribution in [1.29, 1.82) is 5.26 Å². The maximum Gasteiger partial charge on any atom is 0.228 e. The van der Waals surface area contributed by atoms with Crippen LogP contribution in [0.3, 0.4) is 0 Å². The predicted molar refractivity (Wildman–Crippen MR) is 115 cm³/mol. The van der Waals surface area contributed by atoms with Crippen molar-refractivity contribution < 1.29 is 4.74 Å². The summed E-state index contributed by atoms with van der Waals surface area (Å²) in [4.78, 5) is 6.95. The Bertz CT molecular complexity index is 1280. The predicted octanol–water partition coefficient (Wildman–Crippen LogP) is 3.27. The molecule has 0 radical (unpaired) electrons. The van der Waals surface area contributed by atoms with Gasteiger partial charge < -0.3 is 9.64 Å². The quantitative estimate of drug-likeness (QED) is 0.502. The molecule has 8 nitrogen and oxygen atoms in total. The highest BCUT2D eigenvalue weighted by Gasteiger charge is 2.22. The first-order valence-corrected chi connectivity index (χ1v) is 10.8. The molecule has 4 heterocycles. The molecular formula is C21H21N7OS. The molecule has 0 amide bonds. The highest BCUT2D eigenvalue weighted by atomic mass is 32.2. The second-order valence-electron chi connectivity index (χ2n) is 7.14. The van der Waals surface area contributed by atoms with E-state index in [4.69, 9.17) is 9.72 Å². The molecule has 0 saturated carbocycles. The number of ether oxygens (including phenoxy) is 1. The lowest BCUT2D eigenvalue weighted by Gasteiger charge is -2.27. The lowest BCUT2D eigenvalue weighted by Crippen LogP contribution is -2.38. The molecule has 152 valence electrons. The van der Waals surface area contributed by atoms with E-state index in [0.717, 1.165) is 52.4 Å². The minimum Gasteiger partial charge on any atom is -0.378 e. The first-order valence-electron chi connectivity index (χ1n) is 9.96. The van der Waals surface area contributed by atoms with E-state index in [-0.39, 0.29) is 0 Å². The molecule has 3 aromatic heterocycles. The molecule has 1 aromatic carbocycles. The SMILES string of the molecule is CCn1c(Sc2cc(C)c(C#N)c3nc4ccccc4n23)nnc1N1CCOCC1. The van der Waals surface area contributed by atoms with E-state index in [1.807, 2.05) is 37.3 Å². The number of aromatic nitrogens is 5. The Morgan fingerprint density at radius 3 is 2.77 bits per heavy atom. The number of fused-ring (bicyclic) bond motifs is 3. The van der Waals surface area contributed by atoms with Gasteiger partial charge in [0.1, 0.15) is 6.07 Å². The van der Waals surface area contributed by atoms with Gasteiger partial charge in [0.15, 0.2) is 10.8 Å². The zero-order valence-corrected chi connectivity index (χ0v) is 17.7. The summed E-state index contributed by atoms with van der Waals surface area (Å²) in [5.74, 6) is 0.875. The van der Waals surface area contributed by atoms with Crippen LogP contribution in [0.25, 0.3) is 16.7 Å². The number of aryl methyl sites for hydroxylation is 1. The number of hydrogen-bond donors (Lipinski definition) is 0. The van der Waals surface area contributed by atoms with Gasteiger partial charge in [-0.2, -0.15) is 5.26 Å². The molecule has 5 rings (SSSR count). The van der Waals surface area contributed by atoms with Crippen LogP contribution < -0.4 is 4.90 Å². The van der Waals surface area contributed by atoms with Crippen molar-refractivity contribution in [2.24, 2.45) is 0 Å². The van der Waals surface area contributed by atoms with Crippen molar-refractivity contribution in [2.75, 3.05) is 31.2 Å². The van der Waals surface area contributed by atoms with Gasteiger partial charge in [0, 0.05) is 19.6 Å². The Balaban J connectivity index is 1.64. The Kier molecular flexibility index (Phi) is 4.81. The monoisotopic (exact) mass is 419 g/mol. The van der Waals surface area contributed by atoms with Crippen LogP contribution in [0.1, 0.15) is 18.1 Å². The van der Waals surface area contributed by atoms with Crippen molar-refractivity contribution in [1.82, 2.24) is 24.1 Å². The maximum absolute atomic E-state index is 9.70. The molecule has 0 N–H and O–H groups in total. The molecule has 0 aliphatic carbocycles. The van der Waals surface area contributed by atoms with Gasteiger partial charge in [0.25, 0.3) is 0 Å². The molecular weight excluding hydrogens is 398 g/mol. The summed E-state index contributed by atoms with van der Waals surface area (Å²) in [6.45, 7) is 7.86. The van der Waals surface area contributed by atoms with E-state index in [9.17, 15) is 5.26 Å². The first kappa shape index (κ1) is 18.9. The lowest BCUT2D eigenvalue weighted by molar-refractivity contribution is 0.121. The van der Waals surface area contributed by atoms with Crippen LogP contribution in [-0.2, 0) is 11.3 Å². The molecule has 1 aliphatic rings. The van der Waals surface area contributed by atoms with Gasteiger partial charge in [-0.1, -0.05) is 12.1 Å². The number of hydrogen-bond acceptors (Lipinski definition) is 7. The second-order valence-corrected chi connectivity index (χ2v) is 8.13. The van der Waals surface area contributed by atoms with Crippen molar-refractivity contribution in [2.45, 2.75) is 30.6 Å². The third kappa shape index (κ3) is 3.00. The molecule has 0 spiro atoms. The molecule has 1 saturated heterocycles. The summed E-state index contributed by atoms with van der Waals surface area (Å²) < 4.78 is 9.66. The normalized spacial score (nSPS) is 14.5. The van der Waals surface area contributed by atoms with Crippen molar-refractivity contribution in [3.8, 4) is 6.07 Å². The Morgan fingerprint density at radius 1 is 1.20 bits per heavy atom. The fourth-order valence-electron chi connectivity index (χ4n) is 3.85. The van der Waals surface area contributed by atoms with Crippen LogP contribution in [0, 0.1) is 18.3 Å². The minimum absolute atomic E-state index is 0.599. The van der Waals surface area contributed by atoms with Crippen molar-refractivity contribution in [3.05, 3.63) is 41.5 Å². The molecule has 30 heavy (non-hydrogen) atoms. The van der Waals surface area contributed by atoms with Crippen molar-refractivity contribution >= 4 is 34.4 Å². The van der Waals surface area contributed by atoms with E-state index < -0.39 is 0 Å². The van der Waals surface area contributed by atoms with Gasteiger partial charge >= 0.3 is 0 Å². The van der Waals surface area contributed by atoms with Crippen LogP contribution in [-0.4, -0.2) is 50.5 Å². The summed E-state index contributed by atoms with van der Waals surface area (Å²) >= 11 is 1.55. The van der Waals surface area contributed by atoms with E-state index in [1.54, 1.807) is 11.8 Å². The summed E-state index contributed by atoms with van der Waals surface area (Å²) in [5, 5.41) is 20.5. The number of imidazole rings is 1. The van der Waals surface area contributed by atoms with Crippen LogP contribution in [0.4, 0.5) is 5.95 Å². The third-order valence-corrected chi connectivity index (χ3v) is 6.35. The third-order valence-electron chi connectivity index (χ3n) is 5.35. The van der Waals surface area contributed by atoms with Gasteiger partial charge in [-0.05, 0) is 49.4 Å². The maximum atomic E-state index is 9.70. The molecule has 1 aliphatic heterocycles. The summed E-state index contributed by atoms with van der Waals surface area (Å²) in [7, 11) is 0. The number of anilines is 1. The standard InChI is InChI=1S/C21H21N7OS/c1-3-27-20(26-8-10-29-11-9-26)24-25-21(27)30-18-12-14(2)15(13-22)19-23-16-6-4-5-7-17(16)28(18)19/h4-7,12H,3,8-11H2,1-2H3. The number of nitrogens with zero attached hydrogens (tertiary/aromatic N) is 7. The summed E-state index contributed by atoms with van der Waals surface area (Å²) in [5.41, 5.74) is 4.02. The topological polar surface area (TPSA) is 84.3 Å². The number of pyridine rings is 1. The zero-order valence-electron chi connectivity index (χ0n) is 16.9. The summed E-state index contributed by atoms with van der Waals surface area (Å²) in [6, 6.07) is 12.3. The Morgan fingerprint density at radius 2 is 2.00 bits per heavy atom. The fourth-order valence-corrected chi connectivity index (χ4v) is 4.95. The van der Waals surface area contributed by atoms with E-state index in [2.05, 4.69) is 37.1 Å². The number of rotatable bonds is 4. The van der Waals surface area contributed by atoms with Crippen LogP contribution in [0.15, 0.2) is 40.5 Å². The average Bonchev–Trinajstić information content (AvgIpc) is 3.35. The highest BCUT2D eigenvalue weighted by Crippen LogP contribution is 2.34. The number of para-hydroxylation sites is 2. The molecule has 0 unspecified atom stereocenters. The lowest BCUT2D eigenvalue weighted by atomic mass is 10.2. The number of benzene rings is 1. The average molecular weight is 420 g/mol. The molecule has 9 heteroatoms. The van der Waals surface area contributed by atoms with Crippen LogP contribution in [0.2, 0.25) is 0 Å². The first-order chi connectivity index (χ1) is 14.7. The van der Waals surface area contributed by atoms with Gasteiger partial charge in [-0.3, -0.25) is 8.97 Å². The van der Waals surface area contributed by atoms with Gasteiger partial charge in [0.2, 0.25) is 5.95 Å². The largest absolute Gasteiger partial charge is 0.378 e. The van der Waals surface area contributed by atoms with Crippen LogP contribution >= 0.6 is 11.8 Å². The van der Waals surface area contributed by atoms with Gasteiger partial charge in [-0.15, -0.1) is 10.2 Å². The summed E-state index contributed by atoms with van der Waals surface area (Å²) in [6.07, 6.45) is 0. The smallest absolute Gasteiger partial charge is 0.228 e. The van der Waals surface area contributed by atoms with Crippen molar-refractivity contribution in [3.63, 3.8) is 0 Å². The molecule has 0 bridgehead atoms. The van der Waals surface area contributed by atoms with Gasteiger partial charge in [-0.25, -0.2) is 4.98 Å². The number of morpholine rings is 1. The zero-order chi connectivity index (χ0) is 20.7. The fraction of sp³-hybridized carbons (Fsp3) is 0.333. The number of nitriles is 1. The Hall–Kier alpha value is -3.09. The van der Waals surface area contributed by atoms with Gasteiger partial charge in [0.05, 0.1) is 34.8 Å². The minimum atomic E-state index is 0.599. The molecule has 1 fully saturated rings. The van der Waals surface area contributed by atoms with E-state index in [0.29, 0.717) is 24.4 Å². The highest BCUT2D eigenvalue weighted by molar-refractivity contribution is 7.99. The molecule has 4 aromatic rings. The van der Waals surface area contributed by atoms with E-state index >= 15 is 0 Å².